The van der Waals surface area contributed by atoms with Crippen molar-refractivity contribution >= 4 is 21.6 Å². The number of nitrogens with zero attached hydrogens (tertiary/aromatic N) is 1. The largest absolute Gasteiger partial charge is 0.506 e. The lowest BCUT2D eigenvalue weighted by molar-refractivity contribution is -0.118. The zero-order valence-corrected chi connectivity index (χ0v) is 16.3. The van der Waals surface area contributed by atoms with Crippen LogP contribution in [0.1, 0.15) is 32.3 Å². The van der Waals surface area contributed by atoms with E-state index in [-0.39, 0.29) is 22.2 Å². The second kappa shape index (κ2) is 7.32. The number of sulfonamides is 1. The summed E-state index contributed by atoms with van der Waals surface area (Å²) in [5, 5.41) is 12.9. The van der Waals surface area contributed by atoms with E-state index in [1.807, 2.05) is 30.3 Å². The van der Waals surface area contributed by atoms with Gasteiger partial charge in [-0.3, -0.25) is 4.79 Å². The van der Waals surface area contributed by atoms with Gasteiger partial charge in [0.05, 0.1) is 16.0 Å². The van der Waals surface area contributed by atoms with Crippen molar-refractivity contribution in [3.05, 3.63) is 54.1 Å². The van der Waals surface area contributed by atoms with Gasteiger partial charge in [0, 0.05) is 13.1 Å². The first-order valence-electron chi connectivity index (χ1n) is 9.05. The van der Waals surface area contributed by atoms with Crippen molar-refractivity contribution in [2.45, 2.75) is 37.0 Å². The van der Waals surface area contributed by atoms with Crippen molar-refractivity contribution in [2.24, 2.45) is 0 Å². The number of amides is 1. The first-order valence-corrected chi connectivity index (χ1v) is 10.5. The van der Waals surface area contributed by atoms with Crippen LogP contribution >= 0.6 is 0 Å². The second-order valence-corrected chi connectivity index (χ2v) is 8.61. The zero-order valence-electron chi connectivity index (χ0n) is 15.5. The van der Waals surface area contributed by atoms with E-state index < -0.39 is 15.4 Å². The summed E-state index contributed by atoms with van der Waals surface area (Å²) < 4.78 is 26.7. The molecular weight excluding hydrogens is 364 g/mol. The molecule has 1 amide bonds. The van der Waals surface area contributed by atoms with Crippen LogP contribution in [0, 0.1) is 0 Å². The fourth-order valence-corrected chi connectivity index (χ4v) is 4.74. The molecule has 2 aromatic carbocycles. The van der Waals surface area contributed by atoms with Crippen LogP contribution in [0.5, 0.6) is 5.75 Å². The van der Waals surface area contributed by atoms with Gasteiger partial charge >= 0.3 is 0 Å². The van der Waals surface area contributed by atoms with Gasteiger partial charge in [-0.05, 0) is 36.6 Å². The predicted octanol–water partition coefficient (Wildman–Crippen LogP) is 3.09. The van der Waals surface area contributed by atoms with Crippen LogP contribution in [0.2, 0.25) is 0 Å². The molecule has 0 radical (unpaired) electrons. The van der Waals surface area contributed by atoms with Gasteiger partial charge in [-0.25, -0.2) is 8.42 Å². The third kappa shape index (κ3) is 3.57. The van der Waals surface area contributed by atoms with Gasteiger partial charge in [-0.1, -0.05) is 44.2 Å². The summed E-state index contributed by atoms with van der Waals surface area (Å²) >= 11 is 0. The van der Waals surface area contributed by atoms with Crippen LogP contribution in [-0.2, 0) is 20.2 Å². The van der Waals surface area contributed by atoms with E-state index in [1.165, 1.54) is 22.5 Å². The van der Waals surface area contributed by atoms with Crippen molar-refractivity contribution in [3.63, 3.8) is 0 Å². The number of phenols is 1. The quantitative estimate of drug-likeness (QED) is 0.714. The highest BCUT2D eigenvalue weighted by Crippen LogP contribution is 2.49. The van der Waals surface area contributed by atoms with E-state index in [4.69, 9.17) is 0 Å². The average Bonchev–Trinajstić information content (AvgIpc) is 3.47. The van der Waals surface area contributed by atoms with Gasteiger partial charge in [0.25, 0.3) is 0 Å². The predicted molar refractivity (Wildman–Crippen MR) is 104 cm³/mol. The molecule has 7 heteroatoms. The Balaban J connectivity index is 1.89. The summed E-state index contributed by atoms with van der Waals surface area (Å²) in [7, 11) is -3.68. The highest BCUT2D eigenvalue weighted by atomic mass is 32.2. The average molecular weight is 388 g/mol. The smallest absolute Gasteiger partial charge is 0.243 e. The Bertz CT molecular complexity index is 934. The molecule has 3 rings (SSSR count). The van der Waals surface area contributed by atoms with Crippen LogP contribution in [0.3, 0.4) is 0 Å². The van der Waals surface area contributed by atoms with Crippen molar-refractivity contribution in [1.82, 2.24) is 4.31 Å². The zero-order chi connectivity index (χ0) is 19.7. The topological polar surface area (TPSA) is 86.7 Å². The summed E-state index contributed by atoms with van der Waals surface area (Å²) in [6.07, 6.45) is 1.45. The molecule has 0 aliphatic heterocycles. The van der Waals surface area contributed by atoms with Crippen LogP contribution < -0.4 is 5.32 Å². The standard InChI is InChI=1S/C20H24N2O4S/c1-3-22(4-2)27(25,26)16-10-11-18(23)17(14-16)21-19(24)20(12-13-20)15-8-6-5-7-9-15/h5-11,14,23H,3-4,12-13H2,1-2H3,(H,21,24). The number of phenolic OH excluding ortho intramolecular Hbond substituents is 1. The number of anilines is 1. The van der Waals surface area contributed by atoms with Gasteiger partial charge in [0.15, 0.2) is 0 Å². The monoisotopic (exact) mass is 388 g/mol. The highest BCUT2D eigenvalue weighted by Gasteiger charge is 2.51. The Morgan fingerprint density at radius 1 is 1.11 bits per heavy atom. The molecule has 0 heterocycles. The lowest BCUT2D eigenvalue weighted by Crippen LogP contribution is -2.31. The lowest BCUT2D eigenvalue weighted by Gasteiger charge is -2.20. The number of nitrogens with one attached hydrogen (secondary N) is 1. The number of rotatable bonds is 7. The number of hydrogen-bond donors (Lipinski definition) is 2. The van der Waals surface area contributed by atoms with Gasteiger partial charge < -0.3 is 10.4 Å². The Morgan fingerprint density at radius 2 is 1.74 bits per heavy atom. The molecule has 2 N–H and O–H groups in total. The van der Waals surface area contributed by atoms with Gasteiger partial charge in [0.1, 0.15) is 5.75 Å². The lowest BCUT2D eigenvalue weighted by atomic mass is 9.95. The molecule has 1 fully saturated rings. The first-order chi connectivity index (χ1) is 12.8. The molecule has 2 aromatic rings. The molecule has 1 saturated carbocycles. The molecule has 144 valence electrons. The Hall–Kier alpha value is -2.38. The summed E-state index contributed by atoms with van der Waals surface area (Å²) in [6, 6.07) is 13.5. The second-order valence-electron chi connectivity index (χ2n) is 6.67. The van der Waals surface area contributed by atoms with Crippen molar-refractivity contribution in [3.8, 4) is 5.75 Å². The number of hydrogen-bond acceptors (Lipinski definition) is 4. The molecule has 0 saturated heterocycles. The third-order valence-corrected chi connectivity index (χ3v) is 7.12. The van der Waals surface area contributed by atoms with E-state index in [9.17, 15) is 18.3 Å². The molecule has 6 nitrogen and oxygen atoms in total. The minimum atomic E-state index is -3.68. The summed E-state index contributed by atoms with van der Waals surface area (Å²) in [6.45, 7) is 4.22. The van der Waals surface area contributed by atoms with Gasteiger partial charge in [-0.2, -0.15) is 4.31 Å². The molecule has 0 spiro atoms. The molecule has 1 aliphatic carbocycles. The summed E-state index contributed by atoms with van der Waals surface area (Å²) in [5.41, 5.74) is 0.422. The normalized spacial score (nSPS) is 15.5. The Morgan fingerprint density at radius 3 is 2.30 bits per heavy atom. The minimum Gasteiger partial charge on any atom is -0.506 e. The fourth-order valence-electron chi connectivity index (χ4n) is 3.26. The minimum absolute atomic E-state index is 0.0452. The SMILES string of the molecule is CCN(CC)S(=O)(=O)c1ccc(O)c(NC(=O)C2(c3ccccc3)CC2)c1. The molecule has 1 aliphatic rings. The van der Waals surface area contributed by atoms with Crippen LogP contribution in [0.15, 0.2) is 53.4 Å². The molecular formula is C20H24N2O4S. The van der Waals surface area contributed by atoms with E-state index in [1.54, 1.807) is 13.8 Å². The summed E-state index contributed by atoms with van der Waals surface area (Å²) in [4.78, 5) is 12.9. The molecule has 0 unspecified atom stereocenters. The number of aromatic hydroxyl groups is 1. The van der Waals surface area contributed by atoms with E-state index in [0.29, 0.717) is 13.1 Å². The number of benzene rings is 2. The Labute approximate surface area is 159 Å². The number of carbonyl (C=O) groups is 1. The Kier molecular flexibility index (Phi) is 5.26. The van der Waals surface area contributed by atoms with E-state index in [2.05, 4.69) is 5.32 Å². The third-order valence-electron chi connectivity index (χ3n) is 5.07. The molecule has 0 atom stereocenters. The van der Waals surface area contributed by atoms with E-state index in [0.717, 1.165) is 18.4 Å². The van der Waals surface area contributed by atoms with Crippen LogP contribution in [-0.4, -0.2) is 36.8 Å². The highest BCUT2D eigenvalue weighted by molar-refractivity contribution is 7.89. The van der Waals surface area contributed by atoms with Crippen molar-refractivity contribution in [1.29, 1.82) is 0 Å². The van der Waals surface area contributed by atoms with Crippen molar-refractivity contribution in [2.75, 3.05) is 18.4 Å². The van der Waals surface area contributed by atoms with Crippen LogP contribution in [0.4, 0.5) is 5.69 Å². The summed E-state index contributed by atoms with van der Waals surface area (Å²) in [5.74, 6) is -0.396. The van der Waals surface area contributed by atoms with Crippen LogP contribution in [0.25, 0.3) is 0 Å². The maximum atomic E-state index is 12.9. The molecule has 27 heavy (non-hydrogen) atoms. The number of carbonyl (C=O) groups excluding carboxylic acids is 1. The van der Waals surface area contributed by atoms with Gasteiger partial charge in [0.2, 0.25) is 15.9 Å². The fraction of sp³-hybridized carbons (Fsp3) is 0.350. The first kappa shape index (κ1) is 19.4. The van der Waals surface area contributed by atoms with Crippen molar-refractivity contribution < 1.29 is 18.3 Å². The van der Waals surface area contributed by atoms with Gasteiger partial charge in [-0.15, -0.1) is 0 Å². The molecule has 0 aromatic heterocycles. The molecule has 0 bridgehead atoms. The maximum absolute atomic E-state index is 12.9. The maximum Gasteiger partial charge on any atom is 0.243 e. The van der Waals surface area contributed by atoms with E-state index >= 15 is 0 Å².